The molecule has 1 saturated carbocycles. The van der Waals surface area contributed by atoms with Crippen LogP contribution < -0.4 is 10.5 Å². The number of hydrogen-bond donors (Lipinski definition) is 2. The van der Waals surface area contributed by atoms with Crippen LogP contribution >= 0.6 is 0 Å². The largest absolute Gasteiger partial charge is 0.323 e. The molecule has 2 rings (SSSR count). The van der Waals surface area contributed by atoms with Gasteiger partial charge in [-0.3, -0.25) is 4.79 Å². The van der Waals surface area contributed by atoms with Crippen molar-refractivity contribution < 1.29 is 17.6 Å². The normalized spacial score (nSPS) is 16.1. The molecule has 3 N–H and O–H groups in total. The Balaban J connectivity index is 2.17. The van der Waals surface area contributed by atoms with Crippen molar-refractivity contribution >= 4 is 21.6 Å². The zero-order valence-corrected chi connectivity index (χ0v) is 10.3. The van der Waals surface area contributed by atoms with E-state index in [2.05, 4.69) is 5.32 Å². The first-order chi connectivity index (χ1) is 8.38. The van der Waals surface area contributed by atoms with Crippen LogP contribution in [0.1, 0.15) is 19.3 Å². The highest BCUT2D eigenvalue weighted by Crippen LogP contribution is 2.28. The number of halogens is 1. The first-order valence-corrected chi connectivity index (χ1v) is 7.06. The van der Waals surface area contributed by atoms with Gasteiger partial charge in [0.2, 0.25) is 15.9 Å². The van der Waals surface area contributed by atoms with Gasteiger partial charge < -0.3 is 5.32 Å². The van der Waals surface area contributed by atoms with E-state index in [0.717, 1.165) is 31.4 Å². The molecule has 1 aromatic rings. The molecule has 1 fully saturated rings. The molecule has 0 spiro atoms. The smallest absolute Gasteiger partial charge is 0.238 e. The summed E-state index contributed by atoms with van der Waals surface area (Å²) in [5.74, 6) is -1.11. The van der Waals surface area contributed by atoms with E-state index in [9.17, 15) is 17.6 Å². The summed E-state index contributed by atoms with van der Waals surface area (Å²) in [5.41, 5.74) is -0.0284. The van der Waals surface area contributed by atoms with E-state index < -0.39 is 15.8 Å². The summed E-state index contributed by atoms with van der Waals surface area (Å²) >= 11 is 0. The third kappa shape index (κ3) is 2.68. The first kappa shape index (κ1) is 13.0. The topological polar surface area (TPSA) is 89.3 Å². The lowest BCUT2D eigenvalue weighted by Crippen LogP contribution is -2.28. The lowest BCUT2D eigenvalue weighted by Gasteiger charge is -2.24. The van der Waals surface area contributed by atoms with Crippen molar-refractivity contribution in [3.8, 4) is 0 Å². The van der Waals surface area contributed by atoms with Gasteiger partial charge in [-0.15, -0.1) is 0 Å². The first-order valence-electron chi connectivity index (χ1n) is 5.51. The Morgan fingerprint density at radius 2 is 2.06 bits per heavy atom. The van der Waals surface area contributed by atoms with Gasteiger partial charge in [0.05, 0.1) is 10.6 Å². The molecule has 1 aromatic carbocycles. The van der Waals surface area contributed by atoms with Crippen molar-refractivity contribution in [1.82, 2.24) is 0 Å². The number of nitrogens with one attached hydrogen (secondary N) is 1. The zero-order chi connectivity index (χ0) is 13.3. The number of carbonyl (C=O) groups excluding carboxylic acids is 1. The second kappa shape index (κ2) is 4.66. The molecule has 0 aromatic heterocycles. The fraction of sp³-hybridized carbons (Fsp3) is 0.364. The summed E-state index contributed by atoms with van der Waals surface area (Å²) in [5, 5.41) is 7.32. The van der Waals surface area contributed by atoms with Crippen LogP contribution in [0.3, 0.4) is 0 Å². The van der Waals surface area contributed by atoms with Crippen molar-refractivity contribution in [2.45, 2.75) is 24.2 Å². The monoisotopic (exact) mass is 272 g/mol. The summed E-state index contributed by atoms with van der Waals surface area (Å²) in [6.07, 6.45) is 2.62. The number of rotatable bonds is 3. The summed E-state index contributed by atoms with van der Waals surface area (Å²) in [6.45, 7) is 0. The minimum absolute atomic E-state index is 0.0284. The molecule has 0 aliphatic heterocycles. The van der Waals surface area contributed by atoms with Crippen LogP contribution in [0.25, 0.3) is 0 Å². The molecule has 0 saturated heterocycles. The molecule has 1 aliphatic carbocycles. The van der Waals surface area contributed by atoms with Gasteiger partial charge >= 0.3 is 0 Å². The average molecular weight is 272 g/mol. The van der Waals surface area contributed by atoms with Crippen LogP contribution in [0, 0.1) is 11.7 Å². The minimum atomic E-state index is -3.93. The maximum absolute atomic E-state index is 13.6. The Hall–Kier alpha value is -1.47. The lowest BCUT2D eigenvalue weighted by atomic mass is 9.85. The van der Waals surface area contributed by atoms with E-state index in [1.165, 1.54) is 6.07 Å². The molecular weight excluding hydrogens is 259 g/mol. The van der Waals surface area contributed by atoms with Crippen LogP contribution in [0.5, 0.6) is 0 Å². The highest BCUT2D eigenvalue weighted by molar-refractivity contribution is 7.89. The third-order valence-corrected chi connectivity index (χ3v) is 3.91. The number of anilines is 1. The Morgan fingerprint density at radius 1 is 1.39 bits per heavy atom. The number of hydrogen-bond acceptors (Lipinski definition) is 3. The van der Waals surface area contributed by atoms with Crippen molar-refractivity contribution in [2.75, 3.05) is 5.32 Å². The van der Waals surface area contributed by atoms with E-state index in [0.29, 0.717) is 0 Å². The zero-order valence-electron chi connectivity index (χ0n) is 9.52. The second-order valence-corrected chi connectivity index (χ2v) is 5.87. The number of nitrogens with two attached hydrogens (primary N) is 1. The van der Waals surface area contributed by atoms with Crippen LogP contribution in [0.15, 0.2) is 23.1 Å². The fourth-order valence-electron chi connectivity index (χ4n) is 1.68. The van der Waals surface area contributed by atoms with Gasteiger partial charge in [0.1, 0.15) is 5.82 Å². The molecule has 18 heavy (non-hydrogen) atoms. The number of benzene rings is 1. The van der Waals surface area contributed by atoms with Crippen LogP contribution in [0.4, 0.5) is 10.1 Å². The Labute approximate surface area is 104 Å². The van der Waals surface area contributed by atoms with Crippen molar-refractivity contribution in [3.05, 3.63) is 24.0 Å². The molecule has 5 nitrogen and oxygen atoms in total. The van der Waals surface area contributed by atoms with Gasteiger partial charge in [0.25, 0.3) is 0 Å². The summed E-state index contributed by atoms with van der Waals surface area (Å²) in [6, 6.07) is 3.16. The number of primary sulfonamides is 1. The molecule has 0 unspecified atom stereocenters. The number of carbonyl (C=O) groups is 1. The quantitative estimate of drug-likeness (QED) is 0.866. The molecule has 7 heteroatoms. The maximum Gasteiger partial charge on any atom is 0.238 e. The van der Waals surface area contributed by atoms with Crippen molar-refractivity contribution in [2.24, 2.45) is 11.1 Å². The Bertz CT molecular complexity index is 582. The van der Waals surface area contributed by atoms with Crippen LogP contribution in [-0.4, -0.2) is 14.3 Å². The molecular formula is C11H13FN2O3S. The molecule has 0 atom stereocenters. The van der Waals surface area contributed by atoms with Crippen LogP contribution in [-0.2, 0) is 14.8 Å². The van der Waals surface area contributed by atoms with E-state index >= 15 is 0 Å². The lowest BCUT2D eigenvalue weighted by molar-refractivity contribution is -0.122. The van der Waals surface area contributed by atoms with Gasteiger partial charge in [0, 0.05) is 5.92 Å². The molecule has 1 amide bonds. The van der Waals surface area contributed by atoms with Crippen LogP contribution in [0.2, 0.25) is 0 Å². The minimum Gasteiger partial charge on any atom is -0.323 e. The predicted octanol–water partition coefficient (Wildman–Crippen LogP) is 1.21. The predicted molar refractivity (Wildman–Crippen MR) is 63.7 cm³/mol. The average Bonchev–Trinajstić information content (AvgIpc) is 2.16. The van der Waals surface area contributed by atoms with Gasteiger partial charge in [-0.25, -0.2) is 17.9 Å². The highest BCUT2D eigenvalue weighted by Gasteiger charge is 2.25. The van der Waals surface area contributed by atoms with Gasteiger partial charge in [0.15, 0.2) is 0 Å². The number of amides is 1. The number of sulfonamides is 1. The van der Waals surface area contributed by atoms with Gasteiger partial charge in [-0.05, 0) is 31.0 Å². The van der Waals surface area contributed by atoms with E-state index in [-0.39, 0.29) is 22.4 Å². The summed E-state index contributed by atoms with van der Waals surface area (Å²) in [4.78, 5) is 11.3. The Kier molecular flexibility index (Phi) is 3.36. The fourth-order valence-corrected chi connectivity index (χ4v) is 2.20. The van der Waals surface area contributed by atoms with Crippen molar-refractivity contribution in [3.63, 3.8) is 0 Å². The Morgan fingerprint density at radius 3 is 2.50 bits per heavy atom. The molecule has 0 bridgehead atoms. The highest BCUT2D eigenvalue weighted by atomic mass is 32.2. The van der Waals surface area contributed by atoms with E-state index in [4.69, 9.17) is 5.14 Å². The molecule has 0 radical (unpaired) electrons. The molecule has 0 heterocycles. The molecule has 98 valence electrons. The third-order valence-electron chi connectivity index (χ3n) is 3.00. The van der Waals surface area contributed by atoms with Gasteiger partial charge in [-0.1, -0.05) is 6.42 Å². The molecule has 1 aliphatic rings. The second-order valence-electron chi connectivity index (χ2n) is 4.30. The van der Waals surface area contributed by atoms with E-state index in [1.807, 2.05) is 0 Å². The van der Waals surface area contributed by atoms with E-state index in [1.54, 1.807) is 0 Å². The van der Waals surface area contributed by atoms with Gasteiger partial charge in [-0.2, -0.15) is 0 Å². The summed E-state index contributed by atoms with van der Waals surface area (Å²) in [7, 11) is -3.93. The summed E-state index contributed by atoms with van der Waals surface area (Å²) < 4.78 is 35.6. The standard InChI is InChI=1S/C11H13FN2O3S/c12-9-6-8(18(13,16)17)4-5-10(9)14-11(15)7-2-1-3-7/h4-7H,1-3H2,(H,14,15)(H2,13,16,17). The maximum atomic E-state index is 13.6. The SMILES string of the molecule is NS(=O)(=O)c1ccc(NC(=O)C2CCC2)c(F)c1. The van der Waals surface area contributed by atoms with Crippen molar-refractivity contribution in [1.29, 1.82) is 0 Å².